The number of nitrogens with one attached hydrogen (secondary N) is 1. The Hall–Kier alpha value is -0.320. The summed E-state index contributed by atoms with van der Waals surface area (Å²) in [4.78, 5) is 11.7. The van der Waals surface area contributed by atoms with Gasteiger partial charge < -0.3 is 15.8 Å². The molecule has 1 heterocycles. The molecule has 0 bridgehead atoms. The van der Waals surface area contributed by atoms with Crippen LogP contribution in [0.2, 0.25) is 0 Å². The van der Waals surface area contributed by atoms with Crippen LogP contribution in [0.5, 0.6) is 0 Å². The molecule has 0 aromatic carbocycles. The van der Waals surface area contributed by atoms with E-state index >= 15 is 0 Å². The van der Waals surface area contributed by atoms with Crippen molar-refractivity contribution in [3.8, 4) is 0 Å². The summed E-state index contributed by atoms with van der Waals surface area (Å²) in [5.74, 6) is 0.0768. The van der Waals surface area contributed by atoms with Crippen LogP contribution in [-0.2, 0) is 9.53 Å². The van der Waals surface area contributed by atoms with Crippen molar-refractivity contribution in [2.24, 2.45) is 5.73 Å². The third-order valence-corrected chi connectivity index (χ3v) is 3.34. The summed E-state index contributed by atoms with van der Waals surface area (Å²) in [7, 11) is 0. The molecule has 3 N–H and O–H groups in total. The molecule has 1 amide bonds. The molecule has 2 aliphatic rings. The van der Waals surface area contributed by atoms with Crippen molar-refractivity contribution in [1.29, 1.82) is 0 Å². The maximum Gasteiger partial charge on any atom is 0.249 e. The second-order valence-electron chi connectivity index (χ2n) is 4.62. The second kappa shape index (κ2) is 6.42. The van der Waals surface area contributed by atoms with Gasteiger partial charge in [0.25, 0.3) is 0 Å². The van der Waals surface area contributed by atoms with Gasteiger partial charge >= 0.3 is 0 Å². The number of halogens is 1. The Labute approximate surface area is 103 Å². The molecular weight excluding hydrogens is 228 g/mol. The average Bonchev–Trinajstić information content (AvgIpc) is 2.74. The molecule has 2 fully saturated rings. The molecule has 1 unspecified atom stereocenters. The van der Waals surface area contributed by atoms with Gasteiger partial charge in [-0.25, -0.2) is 0 Å². The van der Waals surface area contributed by atoms with Gasteiger partial charge in [0.15, 0.2) is 0 Å². The normalized spacial score (nSPS) is 34.2. The fourth-order valence-corrected chi connectivity index (χ4v) is 2.34. The van der Waals surface area contributed by atoms with Crippen molar-refractivity contribution in [3.05, 3.63) is 0 Å². The standard InChI is InChI=1S/C11H20N2O2.ClH/c12-8-3-5-9(6-4-8)13-11(14)10-2-1-7-15-10;/h8-10H,1-7,12H2,(H,13,14);1H. The number of carbonyl (C=O) groups is 1. The Morgan fingerprint density at radius 1 is 1.19 bits per heavy atom. The summed E-state index contributed by atoms with van der Waals surface area (Å²) in [5.41, 5.74) is 5.81. The van der Waals surface area contributed by atoms with Crippen LogP contribution in [0, 0.1) is 0 Å². The van der Waals surface area contributed by atoms with E-state index in [9.17, 15) is 4.79 Å². The zero-order valence-electron chi connectivity index (χ0n) is 9.48. The smallest absolute Gasteiger partial charge is 0.249 e. The minimum Gasteiger partial charge on any atom is -0.368 e. The minimum absolute atomic E-state index is 0. The van der Waals surface area contributed by atoms with E-state index in [1.165, 1.54) is 0 Å². The van der Waals surface area contributed by atoms with Crippen LogP contribution in [0.3, 0.4) is 0 Å². The predicted molar refractivity (Wildman–Crippen MR) is 64.6 cm³/mol. The van der Waals surface area contributed by atoms with Gasteiger partial charge in [-0.2, -0.15) is 0 Å². The number of carbonyl (C=O) groups excluding carboxylic acids is 1. The van der Waals surface area contributed by atoms with Crippen LogP contribution in [0.4, 0.5) is 0 Å². The number of nitrogens with two attached hydrogens (primary N) is 1. The number of amides is 1. The highest BCUT2D eigenvalue weighted by atomic mass is 35.5. The van der Waals surface area contributed by atoms with E-state index in [0.717, 1.165) is 45.1 Å². The van der Waals surface area contributed by atoms with E-state index in [0.29, 0.717) is 12.1 Å². The SMILES string of the molecule is Cl.NC1CCC(NC(=O)C2CCCO2)CC1. The molecule has 0 aromatic rings. The van der Waals surface area contributed by atoms with Crippen LogP contribution in [0.25, 0.3) is 0 Å². The zero-order valence-corrected chi connectivity index (χ0v) is 10.3. The van der Waals surface area contributed by atoms with Crippen LogP contribution in [0.15, 0.2) is 0 Å². The molecule has 0 spiro atoms. The largest absolute Gasteiger partial charge is 0.368 e. The molecule has 1 aliphatic carbocycles. The number of ether oxygens (including phenoxy) is 1. The minimum atomic E-state index is -0.194. The summed E-state index contributed by atoms with van der Waals surface area (Å²) >= 11 is 0. The highest BCUT2D eigenvalue weighted by Gasteiger charge is 2.27. The maximum atomic E-state index is 11.7. The lowest BCUT2D eigenvalue weighted by molar-refractivity contribution is -0.131. The van der Waals surface area contributed by atoms with Gasteiger partial charge in [0, 0.05) is 18.7 Å². The summed E-state index contributed by atoms with van der Waals surface area (Å²) in [6.07, 6.45) is 5.76. The summed E-state index contributed by atoms with van der Waals surface area (Å²) < 4.78 is 5.34. The van der Waals surface area contributed by atoms with E-state index in [4.69, 9.17) is 10.5 Å². The highest BCUT2D eigenvalue weighted by molar-refractivity contribution is 5.85. The lowest BCUT2D eigenvalue weighted by atomic mass is 9.91. The van der Waals surface area contributed by atoms with Crippen LogP contribution in [0.1, 0.15) is 38.5 Å². The Bertz CT molecular complexity index is 224. The molecule has 5 heteroatoms. The predicted octanol–water partition coefficient (Wildman–Crippen LogP) is 0.973. The van der Waals surface area contributed by atoms with Crippen LogP contribution in [-0.4, -0.2) is 30.7 Å². The second-order valence-corrected chi connectivity index (χ2v) is 4.62. The maximum absolute atomic E-state index is 11.7. The quantitative estimate of drug-likeness (QED) is 0.766. The first kappa shape index (κ1) is 13.7. The lowest BCUT2D eigenvalue weighted by Gasteiger charge is -2.27. The molecule has 94 valence electrons. The van der Waals surface area contributed by atoms with Crippen molar-refractivity contribution in [1.82, 2.24) is 5.32 Å². The third kappa shape index (κ3) is 3.61. The molecule has 1 saturated heterocycles. The Morgan fingerprint density at radius 3 is 2.44 bits per heavy atom. The summed E-state index contributed by atoms with van der Waals surface area (Å²) in [6, 6.07) is 0.655. The monoisotopic (exact) mass is 248 g/mol. The first-order valence-corrected chi connectivity index (χ1v) is 5.93. The van der Waals surface area contributed by atoms with Crippen molar-refractivity contribution in [2.45, 2.75) is 56.7 Å². The van der Waals surface area contributed by atoms with Gasteiger partial charge in [0.05, 0.1) is 0 Å². The highest BCUT2D eigenvalue weighted by Crippen LogP contribution is 2.18. The molecule has 2 rings (SSSR count). The molecule has 4 nitrogen and oxygen atoms in total. The van der Waals surface area contributed by atoms with Crippen molar-refractivity contribution < 1.29 is 9.53 Å². The van der Waals surface area contributed by atoms with Gasteiger partial charge in [-0.1, -0.05) is 0 Å². The van der Waals surface area contributed by atoms with Crippen molar-refractivity contribution in [2.75, 3.05) is 6.61 Å². The number of rotatable bonds is 2. The molecule has 16 heavy (non-hydrogen) atoms. The van der Waals surface area contributed by atoms with Crippen molar-refractivity contribution >= 4 is 18.3 Å². The molecule has 1 atom stereocenters. The first-order chi connectivity index (χ1) is 7.25. The van der Waals surface area contributed by atoms with Crippen LogP contribution < -0.4 is 11.1 Å². The fourth-order valence-electron chi connectivity index (χ4n) is 2.34. The molecule has 0 radical (unpaired) electrons. The summed E-state index contributed by atoms with van der Waals surface area (Å²) in [5, 5.41) is 3.06. The Morgan fingerprint density at radius 2 is 1.88 bits per heavy atom. The number of hydrogen-bond donors (Lipinski definition) is 2. The van der Waals surface area contributed by atoms with Gasteiger partial charge in [0.1, 0.15) is 6.10 Å². The molecule has 0 aromatic heterocycles. The lowest BCUT2D eigenvalue weighted by Crippen LogP contribution is -2.44. The Kier molecular flexibility index (Phi) is 5.52. The Balaban J connectivity index is 0.00000128. The van der Waals surface area contributed by atoms with Gasteiger partial charge in [-0.15, -0.1) is 12.4 Å². The first-order valence-electron chi connectivity index (χ1n) is 5.93. The molecule has 1 saturated carbocycles. The van der Waals surface area contributed by atoms with Crippen molar-refractivity contribution in [3.63, 3.8) is 0 Å². The fraction of sp³-hybridized carbons (Fsp3) is 0.909. The van der Waals surface area contributed by atoms with E-state index in [2.05, 4.69) is 5.32 Å². The summed E-state index contributed by atoms with van der Waals surface area (Å²) in [6.45, 7) is 0.730. The van der Waals surface area contributed by atoms with Crippen LogP contribution >= 0.6 is 12.4 Å². The van der Waals surface area contributed by atoms with E-state index in [1.54, 1.807) is 0 Å². The topological polar surface area (TPSA) is 64.3 Å². The average molecular weight is 249 g/mol. The van der Waals surface area contributed by atoms with Gasteiger partial charge in [-0.05, 0) is 38.5 Å². The molecular formula is C11H21ClN2O2. The van der Waals surface area contributed by atoms with E-state index < -0.39 is 0 Å². The molecule has 1 aliphatic heterocycles. The number of hydrogen-bond acceptors (Lipinski definition) is 3. The van der Waals surface area contributed by atoms with Gasteiger partial charge in [-0.3, -0.25) is 4.79 Å². The van der Waals surface area contributed by atoms with E-state index in [1.807, 2.05) is 0 Å². The third-order valence-electron chi connectivity index (χ3n) is 3.34. The van der Waals surface area contributed by atoms with E-state index in [-0.39, 0.29) is 24.4 Å². The zero-order chi connectivity index (χ0) is 10.7. The van der Waals surface area contributed by atoms with Gasteiger partial charge in [0.2, 0.25) is 5.91 Å².